The SMILES string of the molecule is CC(CCN(C)C)NCc1[nH]c2ccccc2c1Cl. The Hall–Kier alpha value is -1.03. The van der Waals surface area contributed by atoms with Gasteiger partial charge in [-0.1, -0.05) is 29.8 Å². The van der Waals surface area contributed by atoms with Crippen molar-refractivity contribution in [2.24, 2.45) is 0 Å². The fraction of sp³-hybridized carbons (Fsp3) is 0.467. The van der Waals surface area contributed by atoms with E-state index in [0.29, 0.717) is 6.04 Å². The topological polar surface area (TPSA) is 31.1 Å². The number of nitrogens with one attached hydrogen (secondary N) is 2. The first-order valence-corrected chi connectivity index (χ1v) is 7.09. The lowest BCUT2D eigenvalue weighted by molar-refractivity contribution is 0.365. The molecule has 0 saturated heterocycles. The Kier molecular flexibility index (Phi) is 4.86. The Morgan fingerprint density at radius 1 is 1.32 bits per heavy atom. The van der Waals surface area contributed by atoms with Gasteiger partial charge in [0.2, 0.25) is 0 Å². The molecule has 0 aliphatic heterocycles. The highest BCUT2D eigenvalue weighted by Gasteiger charge is 2.10. The normalized spacial score (nSPS) is 13.3. The molecule has 1 aromatic heterocycles. The van der Waals surface area contributed by atoms with Gasteiger partial charge >= 0.3 is 0 Å². The second-order valence-corrected chi connectivity index (χ2v) is 5.71. The number of aromatic amines is 1. The molecule has 0 aliphatic carbocycles. The highest BCUT2D eigenvalue weighted by atomic mass is 35.5. The monoisotopic (exact) mass is 279 g/mol. The van der Waals surface area contributed by atoms with Crippen molar-refractivity contribution in [1.29, 1.82) is 0 Å². The molecule has 4 heteroatoms. The number of H-pyrrole nitrogens is 1. The van der Waals surface area contributed by atoms with Crippen molar-refractivity contribution in [1.82, 2.24) is 15.2 Å². The summed E-state index contributed by atoms with van der Waals surface area (Å²) in [5.41, 5.74) is 2.17. The maximum atomic E-state index is 6.39. The van der Waals surface area contributed by atoms with Crippen molar-refractivity contribution in [3.8, 4) is 0 Å². The van der Waals surface area contributed by atoms with Crippen molar-refractivity contribution in [3.05, 3.63) is 35.0 Å². The van der Waals surface area contributed by atoms with E-state index >= 15 is 0 Å². The first-order chi connectivity index (χ1) is 9.08. The fourth-order valence-corrected chi connectivity index (χ4v) is 2.39. The van der Waals surface area contributed by atoms with Crippen LogP contribution in [0.2, 0.25) is 5.02 Å². The number of benzene rings is 1. The summed E-state index contributed by atoms with van der Waals surface area (Å²) >= 11 is 6.39. The van der Waals surface area contributed by atoms with E-state index in [1.807, 2.05) is 18.2 Å². The maximum Gasteiger partial charge on any atom is 0.0705 e. The van der Waals surface area contributed by atoms with Crippen molar-refractivity contribution >= 4 is 22.5 Å². The van der Waals surface area contributed by atoms with Crippen LogP contribution in [0.15, 0.2) is 24.3 Å². The standard InChI is InChI=1S/C15H22ClN3/c1-11(8-9-19(2)3)17-10-14-15(16)12-6-4-5-7-13(12)18-14/h4-7,11,17-18H,8-10H2,1-3H3. The van der Waals surface area contributed by atoms with Crippen molar-refractivity contribution in [3.63, 3.8) is 0 Å². The highest BCUT2D eigenvalue weighted by molar-refractivity contribution is 6.36. The summed E-state index contributed by atoms with van der Waals surface area (Å²) in [4.78, 5) is 5.58. The van der Waals surface area contributed by atoms with Crippen LogP contribution in [0.5, 0.6) is 0 Å². The number of hydrogen-bond acceptors (Lipinski definition) is 2. The first kappa shape index (κ1) is 14.4. The van der Waals surface area contributed by atoms with Gasteiger partial charge in [0.15, 0.2) is 0 Å². The molecule has 0 aliphatic rings. The number of fused-ring (bicyclic) bond motifs is 1. The molecule has 2 aromatic rings. The van der Waals surface area contributed by atoms with Crippen LogP contribution in [0.1, 0.15) is 19.0 Å². The third-order valence-corrected chi connectivity index (χ3v) is 3.78. The smallest absolute Gasteiger partial charge is 0.0705 e. The van der Waals surface area contributed by atoms with Gasteiger partial charge in [0.25, 0.3) is 0 Å². The van der Waals surface area contributed by atoms with Gasteiger partial charge in [-0.25, -0.2) is 0 Å². The number of aromatic nitrogens is 1. The Bertz CT molecular complexity index is 533. The summed E-state index contributed by atoms with van der Waals surface area (Å²) in [6.07, 6.45) is 1.13. The average Bonchev–Trinajstić information content (AvgIpc) is 2.71. The summed E-state index contributed by atoms with van der Waals surface area (Å²) in [7, 11) is 4.20. The molecule has 1 aromatic carbocycles. The van der Waals surface area contributed by atoms with Gasteiger partial charge in [-0.2, -0.15) is 0 Å². The van der Waals surface area contributed by atoms with Crippen LogP contribution in [0.25, 0.3) is 10.9 Å². The van der Waals surface area contributed by atoms with Crippen LogP contribution in [-0.4, -0.2) is 36.6 Å². The van der Waals surface area contributed by atoms with E-state index in [9.17, 15) is 0 Å². The van der Waals surface area contributed by atoms with Crippen LogP contribution in [-0.2, 0) is 6.54 Å². The Balaban J connectivity index is 1.96. The van der Waals surface area contributed by atoms with E-state index in [-0.39, 0.29) is 0 Å². The van der Waals surface area contributed by atoms with Crippen LogP contribution in [0.3, 0.4) is 0 Å². The first-order valence-electron chi connectivity index (χ1n) is 6.71. The minimum Gasteiger partial charge on any atom is -0.356 e. The molecule has 0 bridgehead atoms. The summed E-state index contributed by atoms with van der Waals surface area (Å²) in [5, 5.41) is 5.45. The van der Waals surface area contributed by atoms with E-state index < -0.39 is 0 Å². The summed E-state index contributed by atoms with van der Waals surface area (Å²) < 4.78 is 0. The molecular weight excluding hydrogens is 258 g/mol. The molecule has 0 fully saturated rings. The summed E-state index contributed by atoms with van der Waals surface area (Å²) in [6.45, 7) is 4.08. The summed E-state index contributed by atoms with van der Waals surface area (Å²) in [5.74, 6) is 0. The molecule has 0 saturated carbocycles. The van der Waals surface area contributed by atoms with Gasteiger partial charge < -0.3 is 15.2 Å². The second-order valence-electron chi connectivity index (χ2n) is 5.34. The molecular formula is C15H22ClN3. The largest absolute Gasteiger partial charge is 0.356 e. The van der Waals surface area contributed by atoms with Gasteiger partial charge in [0.05, 0.1) is 5.02 Å². The lowest BCUT2D eigenvalue weighted by atomic mass is 10.2. The van der Waals surface area contributed by atoms with Gasteiger partial charge in [-0.3, -0.25) is 0 Å². The molecule has 104 valence electrons. The zero-order valence-electron chi connectivity index (χ0n) is 11.8. The van der Waals surface area contributed by atoms with Gasteiger partial charge in [-0.05, 0) is 40.1 Å². The Labute approximate surface area is 119 Å². The van der Waals surface area contributed by atoms with E-state index in [4.69, 9.17) is 11.6 Å². The molecule has 0 radical (unpaired) electrons. The van der Waals surface area contributed by atoms with E-state index in [0.717, 1.165) is 41.1 Å². The van der Waals surface area contributed by atoms with Gasteiger partial charge in [0.1, 0.15) is 0 Å². The van der Waals surface area contributed by atoms with Crippen LogP contribution < -0.4 is 5.32 Å². The lowest BCUT2D eigenvalue weighted by Crippen LogP contribution is -2.29. The van der Waals surface area contributed by atoms with E-state index in [1.54, 1.807) is 0 Å². The maximum absolute atomic E-state index is 6.39. The Morgan fingerprint density at radius 3 is 2.74 bits per heavy atom. The summed E-state index contributed by atoms with van der Waals surface area (Å²) in [6, 6.07) is 8.61. The minimum absolute atomic E-state index is 0.477. The zero-order chi connectivity index (χ0) is 13.8. The molecule has 2 rings (SSSR count). The predicted octanol–water partition coefficient (Wildman–Crippen LogP) is 3.25. The van der Waals surface area contributed by atoms with E-state index in [1.165, 1.54) is 0 Å². The third kappa shape index (κ3) is 3.72. The van der Waals surface area contributed by atoms with E-state index in [2.05, 4.69) is 42.3 Å². The van der Waals surface area contributed by atoms with Crippen LogP contribution >= 0.6 is 11.6 Å². The average molecular weight is 280 g/mol. The zero-order valence-corrected chi connectivity index (χ0v) is 12.6. The fourth-order valence-electron chi connectivity index (χ4n) is 2.12. The number of para-hydroxylation sites is 1. The number of halogens is 1. The lowest BCUT2D eigenvalue weighted by Gasteiger charge is -2.16. The third-order valence-electron chi connectivity index (χ3n) is 3.35. The number of hydrogen-bond donors (Lipinski definition) is 2. The molecule has 0 amide bonds. The molecule has 19 heavy (non-hydrogen) atoms. The Morgan fingerprint density at radius 2 is 2.05 bits per heavy atom. The molecule has 1 heterocycles. The highest BCUT2D eigenvalue weighted by Crippen LogP contribution is 2.26. The quantitative estimate of drug-likeness (QED) is 0.850. The van der Waals surface area contributed by atoms with Crippen LogP contribution in [0.4, 0.5) is 0 Å². The molecule has 3 nitrogen and oxygen atoms in total. The molecule has 1 atom stereocenters. The minimum atomic E-state index is 0.477. The van der Waals surface area contributed by atoms with Crippen molar-refractivity contribution < 1.29 is 0 Å². The molecule has 2 N–H and O–H groups in total. The molecule has 1 unspecified atom stereocenters. The predicted molar refractivity (Wildman–Crippen MR) is 82.8 cm³/mol. The number of rotatable bonds is 6. The van der Waals surface area contributed by atoms with Crippen molar-refractivity contribution in [2.45, 2.75) is 25.9 Å². The molecule has 0 spiro atoms. The van der Waals surface area contributed by atoms with Crippen molar-refractivity contribution in [2.75, 3.05) is 20.6 Å². The van der Waals surface area contributed by atoms with Gasteiger partial charge in [-0.15, -0.1) is 0 Å². The van der Waals surface area contributed by atoms with Gasteiger partial charge in [0, 0.05) is 29.2 Å². The van der Waals surface area contributed by atoms with Crippen LogP contribution in [0, 0.1) is 0 Å². The number of nitrogens with zero attached hydrogens (tertiary/aromatic N) is 1. The second kappa shape index (κ2) is 6.42.